The van der Waals surface area contributed by atoms with Crippen LogP contribution >= 0.6 is 0 Å². The molecule has 7 nitrogen and oxygen atoms in total. The van der Waals surface area contributed by atoms with Crippen LogP contribution in [0.25, 0.3) is 0 Å². The third kappa shape index (κ3) is 4.83. The number of amides is 2. The Kier molecular flexibility index (Phi) is 6.07. The summed E-state index contributed by atoms with van der Waals surface area (Å²) < 4.78 is 5.30. The van der Waals surface area contributed by atoms with Gasteiger partial charge in [0.1, 0.15) is 11.9 Å². The predicted molar refractivity (Wildman–Crippen MR) is 94.3 cm³/mol. The van der Waals surface area contributed by atoms with Gasteiger partial charge in [-0.15, -0.1) is 0 Å². The second-order valence-electron chi connectivity index (χ2n) is 6.66. The molecule has 2 aliphatic rings. The molecule has 2 fully saturated rings. The van der Waals surface area contributed by atoms with Gasteiger partial charge >= 0.3 is 6.03 Å². The van der Waals surface area contributed by atoms with Crippen LogP contribution in [0.1, 0.15) is 31.2 Å². The van der Waals surface area contributed by atoms with E-state index < -0.39 is 0 Å². The van der Waals surface area contributed by atoms with Crippen molar-refractivity contribution in [2.45, 2.75) is 31.7 Å². The molecule has 2 aliphatic heterocycles. The van der Waals surface area contributed by atoms with Crippen molar-refractivity contribution in [1.82, 2.24) is 15.6 Å². The molecular weight excluding hydrogens is 318 g/mol. The maximum Gasteiger partial charge on any atom is 0.315 e. The highest BCUT2D eigenvalue weighted by molar-refractivity contribution is 5.74. The zero-order valence-corrected chi connectivity index (χ0v) is 14.4. The molecule has 2 amide bonds. The van der Waals surface area contributed by atoms with E-state index in [1.807, 2.05) is 0 Å². The SMILES string of the molecule is N#Cc1cccnc1N1CCC(CNC(=O)NC2CCOCC2)CC1. The molecule has 3 rings (SSSR count). The Morgan fingerprint density at radius 2 is 2.08 bits per heavy atom. The average Bonchev–Trinajstić information content (AvgIpc) is 2.67. The molecule has 0 spiro atoms. The standard InChI is InChI=1S/C18H25N5O2/c19-12-15-2-1-7-20-17(15)23-8-3-14(4-9-23)13-21-18(24)22-16-5-10-25-11-6-16/h1-2,7,14,16H,3-6,8-11,13H2,(H2,21,22,24). The van der Waals surface area contributed by atoms with Crippen LogP contribution < -0.4 is 15.5 Å². The number of aromatic nitrogens is 1. The number of rotatable bonds is 4. The van der Waals surface area contributed by atoms with Crippen molar-refractivity contribution >= 4 is 11.8 Å². The third-order valence-electron chi connectivity index (χ3n) is 4.93. The fraction of sp³-hybridized carbons (Fsp3) is 0.611. The summed E-state index contributed by atoms with van der Waals surface area (Å²) in [4.78, 5) is 18.5. The quantitative estimate of drug-likeness (QED) is 0.867. The van der Waals surface area contributed by atoms with Gasteiger partial charge in [0.15, 0.2) is 0 Å². The van der Waals surface area contributed by atoms with Crippen molar-refractivity contribution in [3.05, 3.63) is 23.9 Å². The van der Waals surface area contributed by atoms with Gasteiger partial charge in [0, 0.05) is 45.1 Å². The van der Waals surface area contributed by atoms with Crippen molar-refractivity contribution in [1.29, 1.82) is 5.26 Å². The monoisotopic (exact) mass is 343 g/mol. The first-order valence-electron chi connectivity index (χ1n) is 8.98. The first kappa shape index (κ1) is 17.5. The average molecular weight is 343 g/mol. The molecule has 1 aromatic heterocycles. The van der Waals surface area contributed by atoms with E-state index in [9.17, 15) is 10.1 Å². The largest absolute Gasteiger partial charge is 0.381 e. The van der Waals surface area contributed by atoms with Gasteiger partial charge in [0.05, 0.1) is 5.56 Å². The van der Waals surface area contributed by atoms with Gasteiger partial charge in [0.2, 0.25) is 0 Å². The van der Waals surface area contributed by atoms with E-state index in [1.165, 1.54) is 0 Å². The van der Waals surface area contributed by atoms with Gasteiger partial charge in [-0.2, -0.15) is 5.26 Å². The molecule has 134 valence electrons. The molecule has 2 N–H and O–H groups in total. The fourth-order valence-corrected chi connectivity index (χ4v) is 3.40. The molecule has 0 bridgehead atoms. The molecule has 1 aromatic rings. The zero-order valence-electron chi connectivity index (χ0n) is 14.4. The second kappa shape index (κ2) is 8.67. The van der Waals surface area contributed by atoms with Crippen LogP contribution in [0.15, 0.2) is 18.3 Å². The number of urea groups is 1. The van der Waals surface area contributed by atoms with Crippen molar-refractivity contribution in [3.8, 4) is 6.07 Å². The summed E-state index contributed by atoms with van der Waals surface area (Å²) in [5.41, 5.74) is 0.620. The molecule has 0 aliphatic carbocycles. The smallest absolute Gasteiger partial charge is 0.315 e. The molecule has 0 atom stereocenters. The molecular formula is C18H25N5O2. The van der Waals surface area contributed by atoms with Crippen LogP contribution in [0, 0.1) is 17.2 Å². The van der Waals surface area contributed by atoms with Crippen molar-refractivity contribution in [3.63, 3.8) is 0 Å². The molecule has 2 saturated heterocycles. The Labute approximate surface area is 148 Å². The third-order valence-corrected chi connectivity index (χ3v) is 4.93. The normalized spacial score (nSPS) is 19.2. The fourth-order valence-electron chi connectivity index (χ4n) is 3.40. The molecule has 0 aromatic carbocycles. The Morgan fingerprint density at radius 1 is 1.32 bits per heavy atom. The van der Waals surface area contributed by atoms with Crippen molar-refractivity contribution in [2.75, 3.05) is 37.7 Å². The topological polar surface area (TPSA) is 90.3 Å². The number of ether oxygens (including phenoxy) is 1. The minimum atomic E-state index is -0.0779. The van der Waals surface area contributed by atoms with Crippen LogP contribution in [0.3, 0.4) is 0 Å². The molecule has 25 heavy (non-hydrogen) atoms. The van der Waals surface area contributed by atoms with Crippen LogP contribution in [-0.4, -0.2) is 49.9 Å². The number of hydrogen-bond acceptors (Lipinski definition) is 5. The second-order valence-corrected chi connectivity index (χ2v) is 6.66. The predicted octanol–water partition coefficient (Wildman–Crippen LogP) is 1.65. The van der Waals surface area contributed by atoms with Gasteiger partial charge in [-0.25, -0.2) is 9.78 Å². The van der Waals surface area contributed by atoms with E-state index in [0.717, 1.165) is 57.8 Å². The highest BCUT2D eigenvalue weighted by Crippen LogP contribution is 2.23. The summed E-state index contributed by atoms with van der Waals surface area (Å²) in [6.07, 6.45) is 5.47. The Morgan fingerprint density at radius 3 is 2.80 bits per heavy atom. The van der Waals surface area contributed by atoms with Gasteiger partial charge < -0.3 is 20.3 Å². The summed E-state index contributed by atoms with van der Waals surface area (Å²) in [6, 6.07) is 5.94. The van der Waals surface area contributed by atoms with E-state index >= 15 is 0 Å². The maximum absolute atomic E-state index is 12.0. The van der Waals surface area contributed by atoms with Crippen LogP contribution in [-0.2, 0) is 4.74 Å². The maximum atomic E-state index is 12.0. The summed E-state index contributed by atoms with van der Waals surface area (Å²) in [7, 11) is 0. The lowest BCUT2D eigenvalue weighted by molar-refractivity contribution is 0.0800. The van der Waals surface area contributed by atoms with Crippen molar-refractivity contribution in [2.24, 2.45) is 5.92 Å². The minimum Gasteiger partial charge on any atom is -0.381 e. The summed E-state index contributed by atoms with van der Waals surface area (Å²) in [5.74, 6) is 1.24. The minimum absolute atomic E-state index is 0.0779. The highest BCUT2D eigenvalue weighted by atomic mass is 16.5. The Bertz CT molecular complexity index is 616. The van der Waals surface area contributed by atoms with Gasteiger partial charge in [0.25, 0.3) is 0 Å². The zero-order chi connectivity index (χ0) is 17.5. The summed E-state index contributed by atoms with van der Waals surface area (Å²) >= 11 is 0. The first-order valence-corrected chi connectivity index (χ1v) is 8.98. The summed E-state index contributed by atoms with van der Waals surface area (Å²) in [5, 5.41) is 15.2. The Balaban J connectivity index is 1.40. The number of nitrogens with one attached hydrogen (secondary N) is 2. The van der Waals surface area contributed by atoms with Gasteiger partial charge in [-0.05, 0) is 43.7 Å². The lowest BCUT2D eigenvalue weighted by Crippen LogP contribution is -2.46. The molecule has 0 saturated carbocycles. The number of pyridine rings is 1. The van der Waals surface area contributed by atoms with Crippen LogP contribution in [0.2, 0.25) is 0 Å². The number of carbonyl (C=O) groups excluding carboxylic acids is 1. The number of hydrogen-bond donors (Lipinski definition) is 2. The van der Waals surface area contributed by atoms with Crippen LogP contribution in [0.5, 0.6) is 0 Å². The molecule has 3 heterocycles. The number of carbonyl (C=O) groups is 1. The lowest BCUT2D eigenvalue weighted by Gasteiger charge is -2.33. The van der Waals surface area contributed by atoms with E-state index in [0.29, 0.717) is 18.0 Å². The lowest BCUT2D eigenvalue weighted by atomic mass is 9.96. The van der Waals surface area contributed by atoms with E-state index in [-0.39, 0.29) is 12.1 Å². The van der Waals surface area contributed by atoms with Crippen LogP contribution in [0.4, 0.5) is 10.6 Å². The number of nitrogens with zero attached hydrogens (tertiary/aromatic N) is 3. The number of nitriles is 1. The van der Waals surface area contributed by atoms with E-state index in [1.54, 1.807) is 18.3 Å². The van der Waals surface area contributed by atoms with E-state index in [2.05, 4.69) is 26.6 Å². The molecule has 0 radical (unpaired) electrons. The molecule has 0 unspecified atom stereocenters. The van der Waals surface area contributed by atoms with Crippen molar-refractivity contribution < 1.29 is 9.53 Å². The number of anilines is 1. The Hall–Kier alpha value is -2.33. The molecule has 7 heteroatoms. The number of piperidine rings is 1. The highest BCUT2D eigenvalue weighted by Gasteiger charge is 2.23. The first-order chi connectivity index (χ1) is 12.3. The van der Waals surface area contributed by atoms with E-state index in [4.69, 9.17) is 4.74 Å². The summed E-state index contributed by atoms with van der Waals surface area (Å²) in [6.45, 7) is 3.86. The van der Waals surface area contributed by atoms with Gasteiger partial charge in [-0.1, -0.05) is 0 Å². The van der Waals surface area contributed by atoms with Gasteiger partial charge in [-0.3, -0.25) is 0 Å².